The molecule has 1 unspecified atom stereocenters. The molecule has 2 amide bonds. The van der Waals surface area contributed by atoms with Crippen molar-refractivity contribution in [1.82, 2.24) is 10.6 Å². The van der Waals surface area contributed by atoms with Crippen molar-refractivity contribution in [2.45, 2.75) is 31.2 Å². The van der Waals surface area contributed by atoms with Crippen molar-refractivity contribution in [3.8, 4) is 0 Å². The first-order valence-corrected chi connectivity index (χ1v) is 10.6. The highest BCUT2D eigenvalue weighted by Crippen LogP contribution is 2.24. The van der Waals surface area contributed by atoms with Gasteiger partial charge in [-0.15, -0.1) is 0 Å². The van der Waals surface area contributed by atoms with Crippen LogP contribution in [0, 0.1) is 0 Å². The molecule has 0 saturated carbocycles. The zero-order valence-electron chi connectivity index (χ0n) is 15.5. The average Bonchev–Trinajstić information content (AvgIpc) is 2.67. The SMILES string of the molecule is CCCNC(=O)C(C)NC(=O)c1ccc(S(=O)(=O)Nc2ccccc2Cl)cc1. The van der Waals surface area contributed by atoms with Crippen LogP contribution in [-0.4, -0.2) is 32.8 Å². The average molecular weight is 424 g/mol. The van der Waals surface area contributed by atoms with Crippen molar-refractivity contribution in [3.05, 3.63) is 59.1 Å². The molecule has 0 bridgehead atoms. The molecular formula is C19H22ClN3O4S. The van der Waals surface area contributed by atoms with Gasteiger partial charge in [0.1, 0.15) is 6.04 Å². The Morgan fingerprint density at radius 2 is 1.71 bits per heavy atom. The minimum absolute atomic E-state index is 0.0160. The van der Waals surface area contributed by atoms with E-state index in [1.54, 1.807) is 31.2 Å². The van der Waals surface area contributed by atoms with Gasteiger partial charge in [0.05, 0.1) is 15.6 Å². The molecule has 0 aliphatic heterocycles. The van der Waals surface area contributed by atoms with Crippen LogP contribution in [-0.2, 0) is 14.8 Å². The lowest BCUT2D eigenvalue weighted by atomic mass is 10.2. The molecule has 2 rings (SSSR count). The van der Waals surface area contributed by atoms with Crippen LogP contribution in [0.5, 0.6) is 0 Å². The minimum Gasteiger partial charge on any atom is -0.354 e. The normalized spacial score (nSPS) is 12.1. The number of amides is 2. The molecule has 0 radical (unpaired) electrons. The number of benzene rings is 2. The Bertz CT molecular complexity index is 946. The van der Waals surface area contributed by atoms with Crippen molar-refractivity contribution in [1.29, 1.82) is 0 Å². The molecule has 28 heavy (non-hydrogen) atoms. The second-order valence-corrected chi connectivity index (χ2v) is 8.19. The summed E-state index contributed by atoms with van der Waals surface area (Å²) in [4.78, 5) is 24.1. The van der Waals surface area contributed by atoms with E-state index in [4.69, 9.17) is 11.6 Å². The molecule has 0 aliphatic rings. The number of nitrogens with one attached hydrogen (secondary N) is 3. The summed E-state index contributed by atoms with van der Waals surface area (Å²) in [7, 11) is -3.86. The molecule has 9 heteroatoms. The van der Waals surface area contributed by atoms with E-state index in [-0.39, 0.29) is 27.1 Å². The van der Waals surface area contributed by atoms with Gasteiger partial charge in [-0.2, -0.15) is 0 Å². The zero-order valence-corrected chi connectivity index (χ0v) is 17.1. The standard InChI is InChI=1S/C19H22ClN3O4S/c1-3-12-21-18(24)13(2)22-19(25)14-8-10-15(11-9-14)28(26,27)23-17-7-5-4-6-16(17)20/h4-11,13,23H,3,12H2,1-2H3,(H,21,24)(H,22,25). The largest absolute Gasteiger partial charge is 0.354 e. The summed E-state index contributed by atoms with van der Waals surface area (Å²) in [5.41, 5.74) is 0.504. The van der Waals surface area contributed by atoms with E-state index < -0.39 is 22.0 Å². The topological polar surface area (TPSA) is 104 Å². The summed E-state index contributed by atoms with van der Waals surface area (Å²) in [5, 5.41) is 5.55. The van der Waals surface area contributed by atoms with Crippen LogP contribution < -0.4 is 15.4 Å². The highest BCUT2D eigenvalue weighted by atomic mass is 35.5. The second kappa shape index (κ2) is 9.57. The molecule has 150 valence electrons. The highest BCUT2D eigenvalue weighted by molar-refractivity contribution is 7.92. The van der Waals surface area contributed by atoms with E-state index in [2.05, 4.69) is 15.4 Å². The maximum absolute atomic E-state index is 12.5. The molecule has 0 spiro atoms. The number of halogens is 1. The molecule has 1 atom stereocenters. The third-order valence-corrected chi connectivity index (χ3v) is 5.55. The predicted molar refractivity (Wildman–Crippen MR) is 109 cm³/mol. The summed E-state index contributed by atoms with van der Waals surface area (Å²) in [5.74, 6) is -0.750. The molecule has 0 aliphatic carbocycles. The number of hydrogen-bond acceptors (Lipinski definition) is 4. The fourth-order valence-electron chi connectivity index (χ4n) is 2.28. The number of hydrogen-bond donors (Lipinski definition) is 3. The Morgan fingerprint density at radius 1 is 1.07 bits per heavy atom. The van der Waals surface area contributed by atoms with E-state index in [0.29, 0.717) is 6.54 Å². The predicted octanol–water partition coefficient (Wildman–Crippen LogP) is 2.79. The molecule has 0 aromatic heterocycles. The van der Waals surface area contributed by atoms with Gasteiger partial charge in [-0.3, -0.25) is 14.3 Å². The van der Waals surface area contributed by atoms with E-state index in [1.807, 2.05) is 6.92 Å². The van der Waals surface area contributed by atoms with E-state index in [0.717, 1.165) is 6.42 Å². The first-order valence-electron chi connectivity index (χ1n) is 8.70. The Morgan fingerprint density at radius 3 is 2.32 bits per heavy atom. The van der Waals surface area contributed by atoms with Gasteiger partial charge in [-0.05, 0) is 49.7 Å². The Labute approximate surface area is 169 Å². The van der Waals surface area contributed by atoms with Crippen LogP contribution in [0.1, 0.15) is 30.6 Å². The third-order valence-electron chi connectivity index (χ3n) is 3.84. The Balaban J connectivity index is 2.07. The van der Waals surface area contributed by atoms with Gasteiger partial charge in [0, 0.05) is 12.1 Å². The smallest absolute Gasteiger partial charge is 0.261 e. The number of para-hydroxylation sites is 1. The first-order chi connectivity index (χ1) is 13.2. The van der Waals surface area contributed by atoms with Crippen molar-refractivity contribution in [2.75, 3.05) is 11.3 Å². The monoisotopic (exact) mass is 423 g/mol. The van der Waals surface area contributed by atoms with Crippen molar-refractivity contribution in [3.63, 3.8) is 0 Å². The van der Waals surface area contributed by atoms with E-state index in [1.165, 1.54) is 24.3 Å². The van der Waals surface area contributed by atoms with Crippen LogP contribution in [0.2, 0.25) is 5.02 Å². The maximum Gasteiger partial charge on any atom is 0.261 e. The van der Waals surface area contributed by atoms with Crippen LogP contribution in [0.4, 0.5) is 5.69 Å². The molecule has 7 nitrogen and oxygen atoms in total. The lowest BCUT2D eigenvalue weighted by Gasteiger charge is -2.14. The molecular weight excluding hydrogens is 402 g/mol. The van der Waals surface area contributed by atoms with Gasteiger partial charge in [0.15, 0.2) is 0 Å². The number of rotatable bonds is 8. The highest BCUT2D eigenvalue weighted by Gasteiger charge is 2.18. The number of carbonyl (C=O) groups is 2. The fraction of sp³-hybridized carbons (Fsp3) is 0.263. The van der Waals surface area contributed by atoms with Crippen LogP contribution in [0.25, 0.3) is 0 Å². The summed E-state index contributed by atoms with van der Waals surface area (Å²) in [6, 6.07) is 11.2. The Kier molecular flexibility index (Phi) is 7.42. The minimum atomic E-state index is -3.86. The van der Waals surface area contributed by atoms with Gasteiger partial charge in [0.2, 0.25) is 5.91 Å². The molecule has 0 heterocycles. The van der Waals surface area contributed by atoms with E-state index in [9.17, 15) is 18.0 Å². The summed E-state index contributed by atoms with van der Waals surface area (Å²) >= 11 is 5.98. The molecule has 3 N–H and O–H groups in total. The molecule has 2 aromatic carbocycles. The summed E-state index contributed by atoms with van der Waals surface area (Å²) in [6.07, 6.45) is 0.796. The van der Waals surface area contributed by atoms with Gasteiger partial charge < -0.3 is 10.6 Å². The van der Waals surface area contributed by atoms with Crippen molar-refractivity contribution in [2.24, 2.45) is 0 Å². The third kappa shape index (κ3) is 5.71. The summed E-state index contributed by atoms with van der Waals surface area (Å²) in [6.45, 7) is 4.04. The van der Waals surface area contributed by atoms with Crippen molar-refractivity contribution < 1.29 is 18.0 Å². The lowest BCUT2D eigenvalue weighted by molar-refractivity contribution is -0.122. The first kappa shape index (κ1) is 21.7. The van der Waals surface area contributed by atoms with Crippen molar-refractivity contribution >= 4 is 39.1 Å². The van der Waals surface area contributed by atoms with Gasteiger partial charge in [-0.1, -0.05) is 30.7 Å². The quantitative estimate of drug-likeness (QED) is 0.607. The molecule has 2 aromatic rings. The second-order valence-electron chi connectivity index (χ2n) is 6.10. The van der Waals surface area contributed by atoms with Crippen LogP contribution >= 0.6 is 11.6 Å². The Hall–Kier alpha value is -2.58. The summed E-state index contributed by atoms with van der Waals surface area (Å²) < 4.78 is 27.4. The fourth-order valence-corrected chi connectivity index (χ4v) is 3.60. The number of anilines is 1. The zero-order chi connectivity index (χ0) is 20.7. The lowest BCUT2D eigenvalue weighted by Crippen LogP contribution is -2.45. The van der Waals surface area contributed by atoms with Gasteiger partial charge in [-0.25, -0.2) is 8.42 Å². The maximum atomic E-state index is 12.5. The number of carbonyl (C=O) groups excluding carboxylic acids is 2. The van der Waals surface area contributed by atoms with Gasteiger partial charge in [0.25, 0.3) is 15.9 Å². The molecule has 0 fully saturated rings. The van der Waals surface area contributed by atoms with Crippen LogP contribution in [0.15, 0.2) is 53.4 Å². The number of sulfonamides is 1. The van der Waals surface area contributed by atoms with Gasteiger partial charge >= 0.3 is 0 Å². The van der Waals surface area contributed by atoms with E-state index >= 15 is 0 Å². The van der Waals surface area contributed by atoms with Crippen LogP contribution in [0.3, 0.4) is 0 Å². The molecule has 0 saturated heterocycles.